The molecule has 6 N–H and O–H groups in total. The second-order valence-corrected chi connectivity index (χ2v) is 8.40. The molecule has 3 heterocycles. The number of benzene rings is 1. The van der Waals surface area contributed by atoms with Gasteiger partial charge in [-0.3, -0.25) is 4.79 Å². The number of nitrogens with two attached hydrogens (primary N) is 1. The van der Waals surface area contributed by atoms with Gasteiger partial charge in [-0.15, -0.1) is 0 Å². The van der Waals surface area contributed by atoms with Crippen LogP contribution in [0.15, 0.2) is 24.7 Å². The molecular formula is C19H22BN4O7-. The number of carbonyl (C=O) groups excluding carboxylic acids is 1. The quantitative estimate of drug-likeness (QED) is 0.378. The van der Waals surface area contributed by atoms with Gasteiger partial charge in [0.15, 0.2) is 0 Å². The molecule has 31 heavy (non-hydrogen) atoms. The SMILES string of the molecule is N[C@@H](Cc1c[nH]cn1)C(=O)N1CC(Oc2ccc3c(c2C(=O)O)O[B-](O)(O)[C@@H]2C[C@H]32)C1. The van der Waals surface area contributed by atoms with E-state index in [0.29, 0.717) is 24.1 Å². The lowest BCUT2D eigenvalue weighted by Gasteiger charge is -2.41. The molecule has 0 unspecified atom stereocenters. The molecule has 0 bridgehead atoms. The third-order valence-corrected chi connectivity index (χ3v) is 6.21. The second-order valence-electron chi connectivity index (χ2n) is 8.40. The Balaban J connectivity index is 1.27. The van der Waals surface area contributed by atoms with Gasteiger partial charge < -0.3 is 40.2 Å². The number of aromatic amines is 1. The van der Waals surface area contributed by atoms with E-state index >= 15 is 0 Å². The Morgan fingerprint density at radius 1 is 1.39 bits per heavy atom. The number of H-pyrrole nitrogens is 1. The van der Waals surface area contributed by atoms with Gasteiger partial charge >= 0.3 is 12.7 Å². The number of rotatable bonds is 6. The Hall–Kier alpha value is -3.09. The smallest absolute Gasteiger partial charge is 0.434 e. The van der Waals surface area contributed by atoms with Crippen molar-refractivity contribution in [2.24, 2.45) is 5.73 Å². The van der Waals surface area contributed by atoms with Gasteiger partial charge in [-0.2, -0.15) is 0 Å². The number of aromatic nitrogens is 2. The van der Waals surface area contributed by atoms with Crippen LogP contribution in [0.1, 0.15) is 34.0 Å². The molecule has 3 aliphatic rings. The third kappa shape index (κ3) is 3.42. The van der Waals surface area contributed by atoms with Crippen LogP contribution in [0.2, 0.25) is 5.82 Å². The van der Waals surface area contributed by atoms with Gasteiger partial charge in [0, 0.05) is 12.6 Å². The van der Waals surface area contributed by atoms with Crippen molar-refractivity contribution >= 4 is 18.6 Å². The number of carbonyl (C=O) groups is 2. The maximum Gasteiger partial charge on any atom is 0.434 e. The molecule has 0 radical (unpaired) electrons. The largest absolute Gasteiger partial charge is 0.669 e. The average molecular weight is 429 g/mol. The highest BCUT2D eigenvalue weighted by Crippen LogP contribution is 2.63. The van der Waals surface area contributed by atoms with E-state index in [1.54, 1.807) is 23.2 Å². The minimum atomic E-state index is -3.10. The summed E-state index contributed by atoms with van der Waals surface area (Å²) < 4.78 is 11.1. The molecule has 2 aliphatic heterocycles. The van der Waals surface area contributed by atoms with Crippen molar-refractivity contribution in [1.82, 2.24) is 14.9 Å². The number of hydrogen-bond donors (Lipinski definition) is 5. The molecule has 3 atom stereocenters. The van der Waals surface area contributed by atoms with Crippen molar-refractivity contribution in [1.29, 1.82) is 0 Å². The topological polar surface area (TPSA) is 171 Å². The Labute approximate surface area is 176 Å². The van der Waals surface area contributed by atoms with Gasteiger partial charge in [0.05, 0.1) is 36.9 Å². The van der Waals surface area contributed by atoms with Crippen LogP contribution in [-0.4, -0.2) is 73.9 Å². The molecule has 1 aliphatic carbocycles. The number of ether oxygens (including phenoxy) is 1. The molecule has 2 aromatic rings. The standard InChI is InChI=1S/C19H22BN4O7/c21-14(3-9-5-22-8-23-9)18(25)24-6-10(7-24)30-15-2-1-11-12-4-13(12)20(28,29)31-17(11)16(15)19(26)27/h1-2,5,8,10,12-14,28-29H,3-4,6-7,21H2,(H,22,23)(H,26,27)/q-1/t12-,13-,14+/m1/s1. The maximum absolute atomic E-state index is 12.5. The van der Waals surface area contributed by atoms with Gasteiger partial charge in [-0.25, -0.2) is 9.78 Å². The van der Waals surface area contributed by atoms with Gasteiger partial charge in [-0.1, -0.05) is 18.3 Å². The van der Waals surface area contributed by atoms with Crippen molar-refractivity contribution in [3.8, 4) is 11.5 Å². The predicted octanol–water partition coefficient (Wildman–Crippen LogP) is -0.559. The summed E-state index contributed by atoms with van der Waals surface area (Å²) in [4.78, 5) is 32.8. The highest BCUT2D eigenvalue weighted by molar-refractivity contribution is 6.62. The molecule has 5 rings (SSSR count). The van der Waals surface area contributed by atoms with Crippen LogP contribution in [0.5, 0.6) is 11.5 Å². The Bertz CT molecular complexity index is 1040. The first-order chi connectivity index (χ1) is 14.7. The normalized spacial score (nSPS) is 24.3. The number of carboxylic acids is 1. The first-order valence-corrected chi connectivity index (χ1v) is 10.1. The van der Waals surface area contributed by atoms with E-state index < -0.39 is 30.7 Å². The Morgan fingerprint density at radius 2 is 2.16 bits per heavy atom. The fraction of sp³-hybridized carbons (Fsp3) is 0.421. The van der Waals surface area contributed by atoms with E-state index in [1.807, 2.05) is 0 Å². The molecular weight excluding hydrogens is 407 g/mol. The Morgan fingerprint density at radius 3 is 2.84 bits per heavy atom. The molecule has 12 heteroatoms. The molecule has 1 saturated carbocycles. The molecule has 1 aromatic heterocycles. The second kappa shape index (κ2) is 6.97. The van der Waals surface area contributed by atoms with Crippen molar-refractivity contribution in [3.63, 3.8) is 0 Å². The van der Waals surface area contributed by atoms with Crippen molar-refractivity contribution in [2.75, 3.05) is 13.1 Å². The lowest BCUT2D eigenvalue weighted by Crippen LogP contribution is -2.60. The molecule has 164 valence electrons. The lowest BCUT2D eigenvalue weighted by atomic mass is 9.68. The fourth-order valence-corrected chi connectivity index (χ4v) is 4.44. The van der Waals surface area contributed by atoms with Crippen LogP contribution < -0.4 is 15.1 Å². The summed E-state index contributed by atoms with van der Waals surface area (Å²) in [6.45, 7) is -2.57. The summed E-state index contributed by atoms with van der Waals surface area (Å²) in [5.74, 6) is -2.04. The Kier molecular flexibility index (Phi) is 4.47. The van der Waals surface area contributed by atoms with E-state index in [1.165, 1.54) is 6.33 Å². The van der Waals surface area contributed by atoms with Crippen molar-refractivity contribution in [2.45, 2.75) is 36.7 Å². The van der Waals surface area contributed by atoms with Crippen LogP contribution in [0, 0.1) is 0 Å². The number of imidazole rings is 1. The van der Waals surface area contributed by atoms with Gasteiger partial charge in [-0.05, 0) is 17.5 Å². The summed E-state index contributed by atoms with van der Waals surface area (Å²) in [6, 6.07) is 2.53. The van der Waals surface area contributed by atoms with Crippen LogP contribution in [0.3, 0.4) is 0 Å². The van der Waals surface area contributed by atoms with Gasteiger partial charge in [0.25, 0.3) is 0 Å². The summed E-state index contributed by atoms with van der Waals surface area (Å²) in [5, 5.41) is 29.9. The van der Waals surface area contributed by atoms with E-state index in [4.69, 9.17) is 15.1 Å². The summed E-state index contributed by atoms with van der Waals surface area (Å²) in [6.07, 6.45) is 3.64. The number of nitrogens with zero attached hydrogens (tertiary/aromatic N) is 2. The van der Waals surface area contributed by atoms with E-state index in [2.05, 4.69) is 9.97 Å². The zero-order valence-electron chi connectivity index (χ0n) is 16.5. The van der Waals surface area contributed by atoms with Crippen LogP contribution >= 0.6 is 0 Å². The molecule has 11 nitrogen and oxygen atoms in total. The maximum atomic E-state index is 12.5. The highest BCUT2D eigenvalue weighted by atomic mass is 16.6. The monoisotopic (exact) mass is 429 g/mol. The molecule has 1 aromatic carbocycles. The summed E-state index contributed by atoms with van der Waals surface area (Å²) in [7, 11) is 0. The zero-order valence-corrected chi connectivity index (χ0v) is 16.5. The van der Waals surface area contributed by atoms with Gasteiger partial charge in [0.2, 0.25) is 5.91 Å². The van der Waals surface area contributed by atoms with Crippen LogP contribution in [0.4, 0.5) is 0 Å². The van der Waals surface area contributed by atoms with Crippen LogP contribution in [0.25, 0.3) is 0 Å². The number of hydrogen-bond acceptors (Lipinski definition) is 8. The van der Waals surface area contributed by atoms with Crippen molar-refractivity contribution < 1.29 is 34.1 Å². The van der Waals surface area contributed by atoms with Crippen LogP contribution in [-0.2, 0) is 11.2 Å². The minimum Gasteiger partial charge on any atom is -0.669 e. The summed E-state index contributed by atoms with van der Waals surface area (Å²) >= 11 is 0. The molecule has 2 fully saturated rings. The number of amides is 1. The highest BCUT2D eigenvalue weighted by Gasteiger charge is 2.55. The summed E-state index contributed by atoms with van der Waals surface area (Å²) in [5.41, 5.74) is 7.07. The molecule has 1 saturated heterocycles. The molecule has 1 amide bonds. The zero-order chi connectivity index (χ0) is 21.9. The fourth-order valence-electron chi connectivity index (χ4n) is 4.44. The molecule has 0 spiro atoms. The van der Waals surface area contributed by atoms with E-state index in [-0.39, 0.29) is 42.0 Å². The first kappa shape index (κ1) is 19.9. The third-order valence-electron chi connectivity index (χ3n) is 6.21. The predicted molar refractivity (Wildman–Crippen MR) is 107 cm³/mol. The number of fused-ring (bicyclic) bond motifs is 3. The number of nitrogens with one attached hydrogen (secondary N) is 1. The first-order valence-electron chi connectivity index (χ1n) is 10.1. The number of aromatic carboxylic acids is 1. The minimum absolute atomic E-state index is 0.0537. The number of carboxylic acid groups (broad SMARTS) is 1. The van der Waals surface area contributed by atoms with E-state index in [0.717, 1.165) is 0 Å². The average Bonchev–Trinajstić information content (AvgIpc) is 3.34. The van der Waals surface area contributed by atoms with Crippen molar-refractivity contribution in [3.05, 3.63) is 41.5 Å². The number of likely N-dealkylation sites (tertiary alicyclic amines) is 1. The van der Waals surface area contributed by atoms with Gasteiger partial charge in [0.1, 0.15) is 17.4 Å². The lowest BCUT2D eigenvalue weighted by molar-refractivity contribution is -0.141. The van der Waals surface area contributed by atoms with E-state index in [9.17, 15) is 24.7 Å².